The van der Waals surface area contributed by atoms with Crippen molar-refractivity contribution in [1.29, 1.82) is 5.26 Å². The summed E-state index contributed by atoms with van der Waals surface area (Å²) in [6.07, 6.45) is 0. The highest BCUT2D eigenvalue weighted by Gasteiger charge is 2.14. The predicted octanol–water partition coefficient (Wildman–Crippen LogP) is 5.85. The highest BCUT2D eigenvalue weighted by molar-refractivity contribution is 5.80. The van der Waals surface area contributed by atoms with Crippen molar-refractivity contribution in [3.8, 4) is 40.0 Å². The molecule has 4 rings (SSSR count). The average molecular weight is 422 g/mol. The number of nitrogen functional groups attached to an aromatic ring is 1. The first-order chi connectivity index (χ1) is 15.7. The first-order valence-corrected chi connectivity index (χ1v) is 10.4. The van der Waals surface area contributed by atoms with Gasteiger partial charge in [-0.2, -0.15) is 5.26 Å². The summed E-state index contributed by atoms with van der Waals surface area (Å²) in [5.74, 6) is 1.71. The molecule has 5 nitrogen and oxygen atoms in total. The molecule has 158 valence electrons. The number of hydrogen-bond acceptors (Lipinski definition) is 5. The highest BCUT2D eigenvalue weighted by Crippen LogP contribution is 2.33. The van der Waals surface area contributed by atoms with Gasteiger partial charge in [-0.1, -0.05) is 42.5 Å². The van der Waals surface area contributed by atoms with Crippen molar-refractivity contribution in [3.05, 3.63) is 96.1 Å². The number of aromatic nitrogens is 1. The largest absolute Gasteiger partial charge is 0.494 e. The lowest BCUT2D eigenvalue weighted by Gasteiger charge is -2.12. The zero-order valence-corrected chi connectivity index (χ0v) is 17.8. The minimum Gasteiger partial charge on any atom is -0.494 e. The van der Waals surface area contributed by atoms with E-state index >= 15 is 0 Å². The van der Waals surface area contributed by atoms with Gasteiger partial charge >= 0.3 is 0 Å². The van der Waals surface area contributed by atoms with E-state index in [1.54, 1.807) is 0 Å². The fourth-order valence-electron chi connectivity index (χ4n) is 3.44. The van der Waals surface area contributed by atoms with Crippen molar-refractivity contribution in [2.45, 2.75) is 13.5 Å². The first-order valence-electron chi connectivity index (χ1n) is 10.4. The summed E-state index contributed by atoms with van der Waals surface area (Å²) in [6.45, 7) is 3.01. The van der Waals surface area contributed by atoms with Crippen molar-refractivity contribution in [2.24, 2.45) is 0 Å². The Bertz CT molecular complexity index is 1250. The highest BCUT2D eigenvalue weighted by atomic mass is 16.5. The molecule has 0 bridgehead atoms. The summed E-state index contributed by atoms with van der Waals surface area (Å²) < 4.78 is 11.5. The van der Waals surface area contributed by atoms with Crippen LogP contribution in [0.15, 0.2) is 84.9 Å². The van der Waals surface area contributed by atoms with Crippen molar-refractivity contribution < 1.29 is 9.47 Å². The van der Waals surface area contributed by atoms with Crippen LogP contribution in [0.3, 0.4) is 0 Å². The summed E-state index contributed by atoms with van der Waals surface area (Å²) in [5, 5.41) is 9.72. The molecule has 0 atom stereocenters. The lowest BCUT2D eigenvalue weighted by atomic mass is 9.98. The Kier molecular flexibility index (Phi) is 6.33. The molecule has 0 saturated carbocycles. The van der Waals surface area contributed by atoms with Gasteiger partial charge in [0, 0.05) is 11.1 Å². The van der Waals surface area contributed by atoms with Gasteiger partial charge in [0.1, 0.15) is 35.6 Å². The topological polar surface area (TPSA) is 81.2 Å². The fraction of sp³-hybridized carbons (Fsp3) is 0.111. The lowest BCUT2D eigenvalue weighted by Crippen LogP contribution is -2.00. The summed E-state index contributed by atoms with van der Waals surface area (Å²) >= 11 is 0. The van der Waals surface area contributed by atoms with Gasteiger partial charge in [0.2, 0.25) is 0 Å². The van der Waals surface area contributed by atoms with Gasteiger partial charge in [0.05, 0.1) is 12.3 Å². The maximum absolute atomic E-state index is 9.72. The number of nitrogens with zero attached hydrogens (tertiary/aromatic N) is 2. The Hall–Kier alpha value is -4.30. The summed E-state index contributed by atoms with van der Waals surface area (Å²) in [6, 6.07) is 29.4. The number of anilines is 1. The third-order valence-corrected chi connectivity index (χ3v) is 5.01. The van der Waals surface area contributed by atoms with Crippen LogP contribution < -0.4 is 15.2 Å². The Morgan fingerprint density at radius 1 is 0.844 bits per heavy atom. The van der Waals surface area contributed by atoms with Crippen molar-refractivity contribution in [2.75, 3.05) is 12.3 Å². The Morgan fingerprint density at radius 2 is 1.62 bits per heavy atom. The number of nitriles is 1. The molecule has 0 fully saturated rings. The smallest absolute Gasteiger partial charge is 0.142 e. The number of benzene rings is 3. The van der Waals surface area contributed by atoms with E-state index < -0.39 is 0 Å². The molecule has 0 saturated heterocycles. The molecule has 5 heteroatoms. The molecule has 4 aromatic rings. The van der Waals surface area contributed by atoms with E-state index in [0.29, 0.717) is 35.8 Å². The maximum atomic E-state index is 9.72. The van der Waals surface area contributed by atoms with E-state index in [1.807, 2.05) is 91.9 Å². The third-order valence-electron chi connectivity index (χ3n) is 5.01. The Morgan fingerprint density at radius 3 is 2.34 bits per heavy atom. The van der Waals surface area contributed by atoms with Crippen LogP contribution in [-0.2, 0) is 6.61 Å². The van der Waals surface area contributed by atoms with E-state index in [9.17, 15) is 5.26 Å². The minimum absolute atomic E-state index is 0.199. The second kappa shape index (κ2) is 9.67. The van der Waals surface area contributed by atoms with Crippen molar-refractivity contribution in [1.82, 2.24) is 4.98 Å². The predicted molar refractivity (Wildman–Crippen MR) is 126 cm³/mol. The molecular formula is C27H23N3O2. The van der Waals surface area contributed by atoms with Crippen molar-refractivity contribution in [3.63, 3.8) is 0 Å². The molecule has 0 aliphatic rings. The van der Waals surface area contributed by atoms with Crippen LogP contribution in [0, 0.1) is 11.3 Å². The van der Waals surface area contributed by atoms with Crippen LogP contribution >= 0.6 is 0 Å². The number of nitrogens with two attached hydrogens (primary N) is 1. The number of rotatable bonds is 7. The molecule has 32 heavy (non-hydrogen) atoms. The van der Waals surface area contributed by atoms with Crippen LogP contribution in [0.5, 0.6) is 11.5 Å². The van der Waals surface area contributed by atoms with Crippen LogP contribution in [0.25, 0.3) is 22.4 Å². The number of pyridine rings is 1. The molecule has 0 unspecified atom stereocenters. The Balaban J connectivity index is 1.67. The molecule has 0 radical (unpaired) electrons. The molecule has 1 heterocycles. The molecule has 0 aliphatic heterocycles. The van der Waals surface area contributed by atoms with Crippen molar-refractivity contribution >= 4 is 5.82 Å². The Labute approximate surface area is 187 Å². The van der Waals surface area contributed by atoms with Gasteiger partial charge in [-0.15, -0.1) is 0 Å². The van der Waals surface area contributed by atoms with Crippen LogP contribution in [0.4, 0.5) is 5.82 Å². The fourth-order valence-corrected chi connectivity index (χ4v) is 3.44. The lowest BCUT2D eigenvalue weighted by molar-refractivity contribution is 0.306. The van der Waals surface area contributed by atoms with Gasteiger partial charge in [0.15, 0.2) is 0 Å². The van der Waals surface area contributed by atoms with Gasteiger partial charge < -0.3 is 15.2 Å². The van der Waals surface area contributed by atoms with Gasteiger partial charge in [-0.05, 0) is 60.5 Å². The van der Waals surface area contributed by atoms with E-state index in [4.69, 9.17) is 15.2 Å². The standard InChI is InChI=1S/C27H23N3O2/c1-2-31-22-13-11-20(12-14-22)26-16-24(25(17-28)27(29)30-26)21-9-6-10-23(15-21)32-18-19-7-4-3-5-8-19/h3-16H,2,18H2,1H3,(H2,29,30). The molecule has 0 aliphatic carbocycles. The molecular weight excluding hydrogens is 398 g/mol. The van der Waals surface area contributed by atoms with Crippen LogP contribution in [0.2, 0.25) is 0 Å². The SMILES string of the molecule is CCOc1ccc(-c2cc(-c3cccc(OCc4ccccc4)c3)c(C#N)c(N)n2)cc1. The second-order valence-corrected chi connectivity index (χ2v) is 7.19. The maximum Gasteiger partial charge on any atom is 0.142 e. The minimum atomic E-state index is 0.199. The van der Waals surface area contributed by atoms with E-state index in [-0.39, 0.29) is 5.82 Å². The van der Waals surface area contributed by atoms with Gasteiger partial charge in [-0.25, -0.2) is 4.98 Å². The zero-order chi connectivity index (χ0) is 22.3. The van der Waals surface area contributed by atoms with Crippen LogP contribution in [-0.4, -0.2) is 11.6 Å². The van der Waals surface area contributed by atoms with E-state index in [2.05, 4.69) is 11.1 Å². The van der Waals surface area contributed by atoms with Gasteiger partial charge in [0.25, 0.3) is 0 Å². The van der Waals surface area contributed by atoms with E-state index in [1.165, 1.54) is 0 Å². The first kappa shape index (κ1) is 21.0. The molecule has 0 amide bonds. The monoisotopic (exact) mass is 421 g/mol. The molecule has 1 aromatic heterocycles. The second-order valence-electron chi connectivity index (χ2n) is 7.19. The van der Waals surface area contributed by atoms with Crippen LogP contribution in [0.1, 0.15) is 18.1 Å². The quantitative estimate of drug-likeness (QED) is 0.405. The molecule has 0 spiro atoms. The summed E-state index contributed by atoms with van der Waals surface area (Å²) in [5.41, 5.74) is 10.7. The number of ether oxygens (including phenoxy) is 2. The summed E-state index contributed by atoms with van der Waals surface area (Å²) in [7, 11) is 0. The molecule has 2 N–H and O–H groups in total. The summed E-state index contributed by atoms with van der Waals surface area (Å²) in [4.78, 5) is 4.46. The average Bonchev–Trinajstić information content (AvgIpc) is 2.84. The zero-order valence-electron chi connectivity index (χ0n) is 17.8. The molecule has 3 aromatic carbocycles. The van der Waals surface area contributed by atoms with Gasteiger partial charge in [-0.3, -0.25) is 0 Å². The van der Waals surface area contributed by atoms with E-state index in [0.717, 1.165) is 22.4 Å². The third kappa shape index (κ3) is 4.71. The normalized spacial score (nSPS) is 10.4. The number of hydrogen-bond donors (Lipinski definition) is 1.